The minimum Gasteiger partial charge on any atom is -0.480 e. The maximum Gasteiger partial charge on any atom is 0.260 e. The van der Waals surface area contributed by atoms with Gasteiger partial charge in [-0.25, -0.2) is 0 Å². The lowest BCUT2D eigenvalue weighted by atomic mass is 10.2. The Morgan fingerprint density at radius 1 is 1.55 bits per heavy atom. The normalized spacial score (nSPS) is 13.7. The van der Waals surface area contributed by atoms with Crippen molar-refractivity contribution in [2.24, 2.45) is 0 Å². The van der Waals surface area contributed by atoms with Gasteiger partial charge in [0.05, 0.1) is 10.6 Å². The summed E-state index contributed by atoms with van der Waals surface area (Å²) in [5.74, 6) is 0.285. The van der Waals surface area contributed by atoms with Crippen molar-refractivity contribution >= 4 is 33.4 Å². The molecule has 6 heteroatoms. The summed E-state index contributed by atoms with van der Waals surface area (Å²) in [5, 5.41) is 12.8. The number of aliphatic hydroxyl groups excluding tert-OH is 1. The second kappa shape index (κ2) is 8.49. The van der Waals surface area contributed by atoms with E-state index in [1.807, 2.05) is 6.92 Å². The average molecular weight is 365 g/mol. The van der Waals surface area contributed by atoms with Crippen molar-refractivity contribution in [3.63, 3.8) is 0 Å². The topological polar surface area (TPSA) is 58.6 Å². The van der Waals surface area contributed by atoms with E-state index in [2.05, 4.69) is 21.2 Å². The number of rotatable bonds is 7. The number of halogens is 2. The van der Waals surface area contributed by atoms with Gasteiger partial charge >= 0.3 is 0 Å². The summed E-state index contributed by atoms with van der Waals surface area (Å²) in [6.45, 7) is 3.87. The third kappa shape index (κ3) is 5.69. The molecule has 0 aliphatic heterocycles. The SMILES string of the molecule is CCCC(O)CNC(=O)C(C)Oc1ccc(Cl)cc1Br. The summed E-state index contributed by atoms with van der Waals surface area (Å²) in [7, 11) is 0. The van der Waals surface area contributed by atoms with Gasteiger partial charge in [0.25, 0.3) is 5.91 Å². The van der Waals surface area contributed by atoms with Crippen LogP contribution < -0.4 is 10.1 Å². The molecule has 0 heterocycles. The molecule has 1 aromatic rings. The van der Waals surface area contributed by atoms with E-state index in [1.165, 1.54) is 0 Å². The summed E-state index contributed by atoms with van der Waals surface area (Å²) >= 11 is 9.16. The van der Waals surface area contributed by atoms with Crippen molar-refractivity contribution in [2.45, 2.75) is 38.9 Å². The minimum atomic E-state index is -0.652. The van der Waals surface area contributed by atoms with E-state index in [9.17, 15) is 9.90 Å². The molecule has 0 saturated heterocycles. The molecule has 0 aliphatic carbocycles. The summed E-state index contributed by atoms with van der Waals surface area (Å²) in [6.07, 6.45) is 0.374. The lowest BCUT2D eigenvalue weighted by molar-refractivity contribution is -0.127. The van der Waals surface area contributed by atoms with Crippen LogP contribution in [0, 0.1) is 0 Å². The Hall–Kier alpha value is -0.780. The van der Waals surface area contributed by atoms with Crippen LogP contribution in [0.1, 0.15) is 26.7 Å². The summed E-state index contributed by atoms with van der Waals surface area (Å²) < 4.78 is 6.25. The van der Waals surface area contributed by atoms with Crippen LogP contribution in [-0.2, 0) is 4.79 Å². The summed E-state index contributed by atoms with van der Waals surface area (Å²) in [5.41, 5.74) is 0. The van der Waals surface area contributed by atoms with Gasteiger partial charge in [0.15, 0.2) is 6.10 Å². The number of ether oxygens (including phenoxy) is 1. The molecular formula is C14H19BrClNO3. The van der Waals surface area contributed by atoms with Crippen LogP contribution in [0.25, 0.3) is 0 Å². The smallest absolute Gasteiger partial charge is 0.260 e. The molecule has 20 heavy (non-hydrogen) atoms. The first-order chi connectivity index (χ1) is 9.43. The predicted octanol–water partition coefficient (Wildman–Crippen LogP) is 3.15. The van der Waals surface area contributed by atoms with E-state index in [1.54, 1.807) is 25.1 Å². The third-order valence-corrected chi connectivity index (χ3v) is 3.56. The monoisotopic (exact) mass is 363 g/mol. The van der Waals surface area contributed by atoms with E-state index in [0.717, 1.165) is 6.42 Å². The van der Waals surface area contributed by atoms with E-state index in [0.29, 0.717) is 21.7 Å². The highest BCUT2D eigenvalue weighted by Gasteiger charge is 2.16. The van der Waals surface area contributed by atoms with Gasteiger partial charge in [0.1, 0.15) is 5.75 Å². The Morgan fingerprint density at radius 3 is 2.85 bits per heavy atom. The Labute approximate surface area is 132 Å². The maximum absolute atomic E-state index is 11.8. The molecule has 0 saturated carbocycles. The molecule has 2 unspecified atom stereocenters. The molecule has 112 valence electrons. The summed E-state index contributed by atoms with van der Waals surface area (Å²) in [6, 6.07) is 5.09. The number of carbonyl (C=O) groups is 1. The number of aliphatic hydroxyl groups is 1. The summed E-state index contributed by atoms with van der Waals surface area (Å²) in [4.78, 5) is 11.8. The molecule has 1 rings (SSSR count). The number of nitrogens with one attached hydrogen (secondary N) is 1. The van der Waals surface area contributed by atoms with Crippen LogP contribution in [0.3, 0.4) is 0 Å². The molecule has 2 atom stereocenters. The molecule has 1 aromatic carbocycles. The quantitative estimate of drug-likeness (QED) is 0.781. The molecule has 0 spiro atoms. The zero-order valence-electron chi connectivity index (χ0n) is 11.5. The van der Waals surface area contributed by atoms with Gasteiger partial charge in [-0.05, 0) is 47.5 Å². The Balaban J connectivity index is 2.49. The van der Waals surface area contributed by atoms with Gasteiger partial charge in [-0.1, -0.05) is 24.9 Å². The largest absolute Gasteiger partial charge is 0.480 e. The number of benzene rings is 1. The van der Waals surface area contributed by atoms with Crippen LogP contribution in [-0.4, -0.2) is 29.8 Å². The first-order valence-electron chi connectivity index (χ1n) is 6.51. The third-order valence-electron chi connectivity index (χ3n) is 2.70. The molecule has 0 aliphatic rings. The van der Waals surface area contributed by atoms with Crippen molar-refractivity contribution in [1.82, 2.24) is 5.32 Å². The van der Waals surface area contributed by atoms with Crippen LogP contribution in [0.2, 0.25) is 5.02 Å². The first-order valence-corrected chi connectivity index (χ1v) is 7.68. The number of carbonyl (C=O) groups excluding carboxylic acids is 1. The minimum absolute atomic E-state index is 0.238. The second-order valence-electron chi connectivity index (χ2n) is 4.52. The maximum atomic E-state index is 11.8. The molecule has 2 N–H and O–H groups in total. The fourth-order valence-electron chi connectivity index (χ4n) is 1.61. The van der Waals surface area contributed by atoms with Crippen LogP contribution in [0.15, 0.2) is 22.7 Å². The highest BCUT2D eigenvalue weighted by Crippen LogP contribution is 2.28. The van der Waals surface area contributed by atoms with Crippen molar-refractivity contribution in [2.75, 3.05) is 6.54 Å². The van der Waals surface area contributed by atoms with Crippen LogP contribution in [0.5, 0.6) is 5.75 Å². The Kier molecular flexibility index (Phi) is 7.34. The highest BCUT2D eigenvalue weighted by atomic mass is 79.9. The Bertz CT molecular complexity index is 456. The number of hydrogen-bond acceptors (Lipinski definition) is 3. The van der Waals surface area contributed by atoms with Gasteiger partial charge in [-0.2, -0.15) is 0 Å². The van der Waals surface area contributed by atoms with Crippen molar-refractivity contribution in [1.29, 1.82) is 0 Å². The molecule has 0 bridgehead atoms. The van der Waals surface area contributed by atoms with E-state index in [4.69, 9.17) is 16.3 Å². The fourth-order valence-corrected chi connectivity index (χ4v) is 2.39. The van der Waals surface area contributed by atoms with Gasteiger partial charge in [0.2, 0.25) is 0 Å². The lowest BCUT2D eigenvalue weighted by Gasteiger charge is -2.17. The fraction of sp³-hybridized carbons (Fsp3) is 0.500. The van der Waals surface area contributed by atoms with E-state index in [-0.39, 0.29) is 12.5 Å². The molecule has 0 fully saturated rings. The molecule has 0 radical (unpaired) electrons. The molecular weight excluding hydrogens is 346 g/mol. The van der Waals surface area contributed by atoms with E-state index >= 15 is 0 Å². The van der Waals surface area contributed by atoms with Crippen LogP contribution >= 0.6 is 27.5 Å². The standard InChI is InChI=1S/C14H19BrClNO3/c1-3-4-11(18)8-17-14(19)9(2)20-13-6-5-10(16)7-12(13)15/h5-7,9,11,18H,3-4,8H2,1-2H3,(H,17,19). The zero-order valence-corrected chi connectivity index (χ0v) is 13.9. The van der Waals surface area contributed by atoms with Gasteiger partial charge < -0.3 is 15.2 Å². The number of amides is 1. The van der Waals surface area contributed by atoms with Crippen LogP contribution in [0.4, 0.5) is 0 Å². The zero-order chi connectivity index (χ0) is 15.1. The molecule has 1 amide bonds. The second-order valence-corrected chi connectivity index (χ2v) is 5.81. The van der Waals surface area contributed by atoms with Gasteiger partial charge in [-0.15, -0.1) is 0 Å². The van der Waals surface area contributed by atoms with Crippen molar-refractivity contribution < 1.29 is 14.6 Å². The highest BCUT2D eigenvalue weighted by molar-refractivity contribution is 9.10. The molecule has 4 nitrogen and oxygen atoms in total. The first kappa shape index (κ1) is 17.3. The predicted molar refractivity (Wildman–Crippen MR) is 83.2 cm³/mol. The van der Waals surface area contributed by atoms with Gasteiger partial charge in [-0.3, -0.25) is 4.79 Å². The van der Waals surface area contributed by atoms with E-state index < -0.39 is 12.2 Å². The van der Waals surface area contributed by atoms with Crippen molar-refractivity contribution in [3.8, 4) is 5.75 Å². The van der Waals surface area contributed by atoms with Gasteiger partial charge in [0, 0.05) is 11.6 Å². The average Bonchev–Trinajstić information content (AvgIpc) is 2.39. The molecule has 0 aromatic heterocycles. The Morgan fingerprint density at radius 2 is 2.25 bits per heavy atom. The lowest BCUT2D eigenvalue weighted by Crippen LogP contribution is -2.40. The number of hydrogen-bond donors (Lipinski definition) is 2. The van der Waals surface area contributed by atoms with Crippen molar-refractivity contribution in [3.05, 3.63) is 27.7 Å².